The molecule has 0 fully saturated rings. The Kier molecular flexibility index (Phi) is 3.50. The molecule has 0 unspecified atom stereocenters. The number of hydrogen-bond acceptors (Lipinski definition) is 4. The molecule has 142 valence electrons. The number of para-hydroxylation sites is 1. The maximum atomic E-state index is 13.3. The Morgan fingerprint density at radius 3 is 2.86 bits per heavy atom. The quantitative estimate of drug-likeness (QED) is 0.571. The van der Waals surface area contributed by atoms with Gasteiger partial charge in [-0.05, 0) is 47.5 Å². The molecule has 0 radical (unpaired) electrons. The van der Waals surface area contributed by atoms with Gasteiger partial charge < -0.3 is 14.6 Å². The molecule has 2 aliphatic rings. The van der Waals surface area contributed by atoms with Crippen LogP contribution in [-0.2, 0) is 13.0 Å². The maximum Gasteiger partial charge on any atom is 0.194 e. The zero-order valence-electron chi connectivity index (χ0n) is 15.8. The molecule has 0 saturated carbocycles. The van der Waals surface area contributed by atoms with Crippen molar-refractivity contribution in [1.29, 1.82) is 0 Å². The van der Waals surface area contributed by atoms with Crippen LogP contribution in [0.15, 0.2) is 71.7 Å². The molecule has 6 rings (SSSR count). The fourth-order valence-corrected chi connectivity index (χ4v) is 4.56. The van der Waals surface area contributed by atoms with Crippen molar-refractivity contribution < 1.29 is 4.74 Å². The summed E-state index contributed by atoms with van der Waals surface area (Å²) in [4.78, 5) is 23.6. The molecular formula is C24H19N3O2. The summed E-state index contributed by atoms with van der Waals surface area (Å²) in [6.07, 6.45) is 2.71. The summed E-state index contributed by atoms with van der Waals surface area (Å²) in [5, 5.41) is 0.732. The van der Waals surface area contributed by atoms with Crippen LogP contribution in [0.4, 0.5) is 5.82 Å². The van der Waals surface area contributed by atoms with Crippen molar-refractivity contribution in [2.24, 2.45) is 0 Å². The number of rotatable bonds is 2. The summed E-state index contributed by atoms with van der Waals surface area (Å²) >= 11 is 0. The minimum Gasteiger partial charge on any atom is -0.493 e. The molecule has 4 aromatic rings. The van der Waals surface area contributed by atoms with Crippen molar-refractivity contribution in [2.75, 3.05) is 11.5 Å². The van der Waals surface area contributed by atoms with E-state index in [2.05, 4.69) is 27.0 Å². The minimum absolute atomic E-state index is 0.0943. The number of fused-ring (bicyclic) bond motifs is 3. The summed E-state index contributed by atoms with van der Waals surface area (Å²) in [6, 6.07) is 19.9. The SMILES string of the molecule is O=c1c2c([nH]c3ccccc13)[C@@H](c1ccc3c(c1)CCO3)N(c1ccccn1)C2. The van der Waals surface area contributed by atoms with Gasteiger partial charge in [0.05, 0.1) is 24.9 Å². The standard InChI is InChI=1S/C24H19N3O2/c28-24-17-5-1-2-6-19(17)26-22-18(24)14-27(21-7-3-4-11-25-21)23(22)16-8-9-20-15(13-16)10-12-29-20/h1-9,11,13,23H,10,12,14H2,(H,26,28)/t23-/m1/s1. The normalized spacial score (nSPS) is 17.2. The van der Waals surface area contributed by atoms with E-state index >= 15 is 0 Å². The van der Waals surface area contributed by atoms with Gasteiger partial charge in [-0.15, -0.1) is 0 Å². The van der Waals surface area contributed by atoms with Gasteiger partial charge in [-0.2, -0.15) is 0 Å². The van der Waals surface area contributed by atoms with Crippen LogP contribution in [0.3, 0.4) is 0 Å². The zero-order valence-corrected chi connectivity index (χ0v) is 15.8. The number of nitrogens with zero attached hydrogens (tertiary/aromatic N) is 2. The van der Waals surface area contributed by atoms with Crippen LogP contribution in [0.5, 0.6) is 5.75 Å². The van der Waals surface area contributed by atoms with E-state index in [1.54, 1.807) is 6.20 Å². The molecule has 0 aliphatic carbocycles. The second-order valence-corrected chi connectivity index (χ2v) is 7.58. The van der Waals surface area contributed by atoms with E-state index in [0.29, 0.717) is 6.54 Å². The molecule has 4 heterocycles. The number of aromatic amines is 1. The van der Waals surface area contributed by atoms with Gasteiger partial charge in [-0.3, -0.25) is 4.79 Å². The van der Waals surface area contributed by atoms with Gasteiger partial charge in [-0.25, -0.2) is 4.98 Å². The lowest BCUT2D eigenvalue weighted by atomic mass is 9.98. The third-order valence-corrected chi connectivity index (χ3v) is 5.93. The van der Waals surface area contributed by atoms with Crippen molar-refractivity contribution >= 4 is 16.7 Å². The summed E-state index contributed by atoms with van der Waals surface area (Å²) in [6.45, 7) is 1.26. The monoisotopic (exact) mass is 381 g/mol. The van der Waals surface area contributed by atoms with E-state index in [4.69, 9.17) is 4.74 Å². The van der Waals surface area contributed by atoms with Gasteiger partial charge in [0.2, 0.25) is 0 Å². The largest absolute Gasteiger partial charge is 0.493 e. The first-order valence-corrected chi connectivity index (χ1v) is 9.87. The maximum absolute atomic E-state index is 13.3. The average Bonchev–Trinajstić information content (AvgIpc) is 3.39. The summed E-state index contributed by atoms with van der Waals surface area (Å²) in [5.74, 6) is 1.82. The van der Waals surface area contributed by atoms with Crippen molar-refractivity contribution in [1.82, 2.24) is 9.97 Å². The van der Waals surface area contributed by atoms with Crippen LogP contribution < -0.4 is 15.1 Å². The van der Waals surface area contributed by atoms with Gasteiger partial charge in [0.1, 0.15) is 11.6 Å². The van der Waals surface area contributed by atoms with E-state index in [9.17, 15) is 4.79 Å². The van der Waals surface area contributed by atoms with Crippen LogP contribution in [0.1, 0.15) is 28.4 Å². The predicted octanol–water partition coefficient (Wildman–Crippen LogP) is 3.97. The third kappa shape index (κ3) is 2.47. The number of benzene rings is 2. The lowest BCUT2D eigenvalue weighted by Gasteiger charge is -2.26. The van der Waals surface area contributed by atoms with Gasteiger partial charge in [0, 0.05) is 29.1 Å². The van der Waals surface area contributed by atoms with E-state index in [1.165, 1.54) is 5.56 Å². The number of aromatic nitrogens is 2. The van der Waals surface area contributed by atoms with Crippen molar-refractivity contribution in [2.45, 2.75) is 19.0 Å². The highest BCUT2D eigenvalue weighted by atomic mass is 16.5. The van der Waals surface area contributed by atoms with Crippen molar-refractivity contribution in [3.05, 3.63) is 99.5 Å². The van der Waals surface area contributed by atoms with Gasteiger partial charge in [-0.1, -0.05) is 24.3 Å². The van der Waals surface area contributed by atoms with Crippen LogP contribution >= 0.6 is 0 Å². The smallest absolute Gasteiger partial charge is 0.194 e. The van der Waals surface area contributed by atoms with Crippen LogP contribution in [0, 0.1) is 0 Å². The third-order valence-electron chi connectivity index (χ3n) is 5.93. The average molecular weight is 381 g/mol. The fraction of sp³-hybridized carbons (Fsp3) is 0.167. The Morgan fingerprint density at radius 1 is 1.07 bits per heavy atom. The molecule has 0 saturated heterocycles. The second kappa shape index (κ2) is 6.21. The lowest BCUT2D eigenvalue weighted by Crippen LogP contribution is -2.23. The molecule has 0 amide bonds. The number of anilines is 1. The first-order chi connectivity index (χ1) is 14.3. The van der Waals surface area contributed by atoms with E-state index in [1.807, 2.05) is 48.5 Å². The first kappa shape index (κ1) is 16.4. The summed E-state index contributed by atoms with van der Waals surface area (Å²) in [5.41, 5.74) is 5.11. The Balaban J connectivity index is 1.59. The Labute approximate surface area is 167 Å². The lowest BCUT2D eigenvalue weighted by molar-refractivity contribution is 0.357. The van der Waals surface area contributed by atoms with E-state index < -0.39 is 0 Å². The first-order valence-electron chi connectivity index (χ1n) is 9.87. The Hall–Kier alpha value is -3.60. The van der Waals surface area contributed by atoms with E-state index in [0.717, 1.165) is 52.3 Å². The van der Waals surface area contributed by atoms with Crippen LogP contribution in [0.2, 0.25) is 0 Å². The molecule has 2 aromatic heterocycles. The van der Waals surface area contributed by atoms with Gasteiger partial charge in [0.15, 0.2) is 5.43 Å². The predicted molar refractivity (Wildman–Crippen MR) is 112 cm³/mol. The molecule has 5 nitrogen and oxygen atoms in total. The van der Waals surface area contributed by atoms with Gasteiger partial charge in [0.25, 0.3) is 0 Å². The fourth-order valence-electron chi connectivity index (χ4n) is 4.56. The minimum atomic E-state index is -0.0943. The highest BCUT2D eigenvalue weighted by molar-refractivity contribution is 5.80. The highest BCUT2D eigenvalue weighted by Crippen LogP contribution is 2.41. The van der Waals surface area contributed by atoms with Crippen LogP contribution in [-0.4, -0.2) is 16.6 Å². The molecular weight excluding hydrogens is 362 g/mol. The molecule has 5 heteroatoms. The Bertz CT molecular complexity index is 1300. The number of H-pyrrole nitrogens is 1. The van der Waals surface area contributed by atoms with Gasteiger partial charge >= 0.3 is 0 Å². The number of ether oxygens (including phenoxy) is 1. The molecule has 29 heavy (non-hydrogen) atoms. The number of nitrogens with one attached hydrogen (secondary N) is 1. The van der Waals surface area contributed by atoms with E-state index in [-0.39, 0.29) is 11.5 Å². The van der Waals surface area contributed by atoms with Crippen molar-refractivity contribution in [3.63, 3.8) is 0 Å². The van der Waals surface area contributed by atoms with Crippen molar-refractivity contribution in [3.8, 4) is 5.75 Å². The van der Waals surface area contributed by atoms with Crippen LogP contribution in [0.25, 0.3) is 10.9 Å². The molecule has 1 N–H and O–H groups in total. The summed E-state index contributed by atoms with van der Waals surface area (Å²) < 4.78 is 5.69. The molecule has 1 atom stereocenters. The molecule has 0 bridgehead atoms. The summed E-state index contributed by atoms with van der Waals surface area (Å²) in [7, 11) is 0. The Morgan fingerprint density at radius 2 is 1.97 bits per heavy atom. The molecule has 2 aromatic carbocycles. The topological polar surface area (TPSA) is 58.2 Å². The second-order valence-electron chi connectivity index (χ2n) is 7.58. The molecule has 0 spiro atoms. The molecule has 2 aliphatic heterocycles. The number of pyridine rings is 2. The highest BCUT2D eigenvalue weighted by Gasteiger charge is 2.36. The number of hydrogen-bond donors (Lipinski definition) is 1. The zero-order chi connectivity index (χ0) is 19.4.